The maximum atomic E-state index is 13.0. The summed E-state index contributed by atoms with van der Waals surface area (Å²) in [6.07, 6.45) is 3.87. The molecule has 0 spiro atoms. The molecule has 0 bridgehead atoms. The number of hydrazone groups is 1. The van der Waals surface area contributed by atoms with E-state index in [1.807, 2.05) is 0 Å². The molecule has 1 aromatic carbocycles. The van der Waals surface area contributed by atoms with Gasteiger partial charge in [-0.1, -0.05) is 25.5 Å². The second kappa shape index (κ2) is 6.17. The Morgan fingerprint density at radius 2 is 1.73 bits per heavy atom. The van der Waals surface area contributed by atoms with Crippen molar-refractivity contribution in [3.05, 3.63) is 47.1 Å². The minimum atomic E-state index is -4.27. The van der Waals surface area contributed by atoms with Crippen LogP contribution in [0.15, 0.2) is 57.1 Å². The zero-order valence-corrected chi connectivity index (χ0v) is 16.1. The van der Waals surface area contributed by atoms with Gasteiger partial charge in [-0.25, -0.2) is 0 Å². The third-order valence-corrected chi connectivity index (χ3v) is 5.43. The molecule has 1 N–H and O–H groups in total. The number of hydrogen-bond acceptors (Lipinski definition) is 4. The first-order chi connectivity index (χ1) is 12.0. The molecular weight excluding hydrogens is 352 g/mol. The largest absolute Gasteiger partial charge is 0.294 e. The van der Waals surface area contributed by atoms with Crippen molar-refractivity contribution < 1.29 is 17.8 Å². The quantitative estimate of drug-likeness (QED) is 0.631. The Balaban J connectivity index is 1.99. The smallest absolute Gasteiger partial charge is 0.282 e. The summed E-state index contributed by atoms with van der Waals surface area (Å²) in [4.78, 5) is 12.7. The van der Waals surface area contributed by atoms with Crippen LogP contribution < -0.4 is 5.01 Å². The number of benzene rings is 1. The monoisotopic (exact) mass is 374 g/mol. The fourth-order valence-electron chi connectivity index (χ4n) is 3.70. The summed E-state index contributed by atoms with van der Waals surface area (Å²) in [6, 6.07) is 5.41. The first-order valence-corrected chi connectivity index (χ1v) is 9.80. The van der Waals surface area contributed by atoms with Crippen LogP contribution in [-0.4, -0.2) is 24.6 Å². The molecule has 3 rings (SSSR count). The molecule has 1 aliphatic heterocycles. The number of rotatable bonds is 2. The van der Waals surface area contributed by atoms with Gasteiger partial charge >= 0.3 is 0 Å². The molecule has 0 radical (unpaired) electrons. The van der Waals surface area contributed by atoms with E-state index in [-0.39, 0.29) is 16.2 Å². The highest BCUT2D eigenvalue weighted by atomic mass is 32.2. The van der Waals surface area contributed by atoms with Gasteiger partial charge in [-0.15, -0.1) is 0 Å². The normalized spacial score (nSPS) is 23.1. The van der Waals surface area contributed by atoms with Gasteiger partial charge in [-0.2, -0.15) is 18.5 Å². The Morgan fingerprint density at radius 3 is 2.27 bits per heavy atom. The Labute approximate surface area is 153 Å². The Hall–Kier alpha value is -2.25. The number of carbonyl (C=O) groups is 1. The molecule has 1 heterocycles. The average molecular weight is 374 g/mol. The van der Waals surface area contributed by atoms with Gasteiger partial charge in [-0.05, 0) is 61.9 Å². The molecule has 138 valence electrons. The molecule has 0 aromatic heterocycles. The summed E-state index contributed by atoms with van der Waals surface area (Å²) >= 11 is 0. The van der Waals surface area contributed by atoms with Crippen molar-refractivity contribution in [2.75, 3.05) is 5.01 Å². The van der Waals surface area contributed by atoms with E-state index in [0.717, 1.165) is 18.4 Å². The predicted octanol–water partition coefficient (Wildman–Crippen LogP) is 3.72. The average Bonchev–Trinajstić information content (AvgIpc) is 2.79. The molecule has 6 nitrogen and oxygen atoms in total. The zero-order valence-electron chi connectivity index (χ0n) is 15.3. The zero-order chi connectivity index (χ0) is 19.3. The van der Waals surface area contributed by atoms with Gasteiger partial charge in [0, 0.05) is 0 Å². The van der Waals surface area contributed by atoms with Crippen LogP contribution in [0.3, 0.4) is 0 Å². The minimum Gasteiger partial charge on any atom is -0.282 e. The van der Waals surface area contributed by atoms with Crippen LogP contribution in [0.5, 0.6) is 0 Å². The van der Waals surface area contributed by atoms with Gasteiger partial charge in [0.2, 0.25) is 0 Å². The van der Waals surface area contributed by atoms with E-state index in [1.54, 1.807) is 6.92 Å². The van der Waals surface area contributed by atoms with Gasteiger partial charge in [-0.3, -0.25) is 9.35 Å². The van der Waals surface area contributed by atoms with E-state index in [9.17, 15) is 13.2 Å². The van der Waals surface area contributed by atoms with E-state index in [4.69, 9.17) is 4.55 Å². The van der Waals surface area contributed by atoms with Crippen LogP contribution in [0.25, 0.3) is 0 Å². The topological polar surface area (TPSA) is 87.0 Å². The van der Waals surface area contributed by atoms with Crippen LogP contribution in [0, 0.1) is 5.41 Å². The molecule has 0 fully saturated rings. The summed E-state index contributed by atoms with van der Waals surface area (Å²) < 4.78 is 31.4. The first kappa shape index (κ1) is 18.5. The van der Waals surface area contributed by atoms with Crippen molar-refractivity contribution in [3.8, 4) is 0 Å². The van der Waals surface area contributed by atoms with Crippen molar-refractivity contribution in [3.63, 3.8) is 0 Å². The van der Waals surface area contributed by atoms with Crippen LogP contribution in [-0.2, 0) is 14.9 Å². The van der Waals surface area contributed by atoms with Crippen LogP contribution >= 0.6 is 0 Å². The fraction of sp³-hybridized carbons (Fsp3) is 0.368. The lowest BCUT2D eigenvalue weighted by Gasteiger charge is -2.31. The van der Waals surface area contributed by atoms with Crippen LogP contribution in [0.4, 0.5) is 5.69 Å². The number of carbonyl (C=O) groups excluding carboxylic acids is 1. The first-order valence-electron chi connectivity index (χ1n) is 8.36. The van der Waals surface area contributed by atoms with Gasteiger partial charge in [0.25, 0.3) is 16.0 Å². The summed E-state index contributed by atoms with van der Waals surface area (Å²) in [6.45, 7) is 8.24. The van der Waals surface area contributed by atoms with E-state index in [1.165, 1.54) is 34.8 Å². The van der Waals surface area contributed by atoms with Crippen LogP contribution in [0.1, 0.15) is 40.5 Å². The number of nitrogens with zero attached hydrogens (tertiary/aromatic N) is 2. The molecule has 7 heteroatoms. The van der Waals surface area contributed by atoms with E-state index >= 15 is 0 Å². The molecular formula is C19H22N2O4S. The highest BCUT2D eigenvalue weighted by Gasteiger charge is 2.34. The molecule has 2 aliphatic rings. The summed E-state index contributed by atoms with van der Waals surface area (Å²) in [7, 11) is -4.27. The number of amides is 1. The summed E-state index contributed by atoms with van der Waals surface area (Å²) in [5.41, 5.74) is 4.02. The summed E-state index contributed by atoms with van der Waals surface area (Å²) in [5.74, 6) is -0.223. The number of allylic oxidation sites excluding steroid dienone is 3. The lowest BCUT2D eigenvalue weighted by molar-refractivity contribution is -0.114. The van der Waals surface area contributed by atoms with Crippen LogP contribution in [0.2, 0.25) is 0 Å². The predicted molar refractivity (Wildman–Crippen MR) is 101 cm³/mol. The third kappa shape index (κ3) is 3.50. The molecule has 0 saturated heterocycles. The van der Waals surface area contributed by atoms with Crippen molar-refractivity contribution in [2.24, 2.45) is 10.5 Å². The SMILES string of the molecule is CC1=C/C(=C2\C(=O)N(c3ccc(S(=O)(=O)O)cc3)N=C2C)CC(C)(C)C1. The molecule has 1 aliphatic carbocycles. The lowest BCUT2D eigenvalue weighted by atomic mass is 9.74. The number of anilines is 1. The van der Waals surface area contributed by atoms with Gasteiger partial charge < -0.3 is 0 Å². The Kier molecular flexibility index (Phi) is 4.40. The molecule has 0 unspecified atom stereocenters. The van der Waals surface area contributed by atoms with Crippen molar-refractivity contribution in [1.82, 2.24) is 0 Å². The van der Waals surface area contributed by atoms with Gasteiger partial charge in [0.1, 0.15) is 0 Å². The van der Waals surface area contributed by atoms with Crippen molar-refractivity contribution in [1.29, 1.82) is 0 Å². The van der Waals surface area contributed by atoms with E-state index in [0.29, 0.717) is 17.0 Å². The van der Waals surface area contributed by atoms with Gasteiger partial charge in [0.05, 0.1) is 21.9 Å². The second-order valence-electron chi connectivity index (χ2n) is 7.68. The van der Waals surface area contributed by atoms with Gasteiger partial charge in [0.15, 0.2) is 0 Å². The number of hydrogen-bond donors (Lipinski definition) is 1. The van der Waals surface area contributed by atoms with Crippen molar-refractivity contribution >= 4 is 27.4 Å². The fourth-order valence-corrected chi connectivity index (χ4v) is 4.18. The Morgan fingerprint density at radius 1 is 1.12 bits per heavy atom. The second-order valence-corrected chi connectivity index (χ2v) is 9.10. The molecule has 0 atom stereocenters. The lowest BCUT2D eigenvalue weighted by Crippen LogP contribution is -2.24. The van der Waals surface area contributed by atoms with E-state index in [2.05, 4.69) is 31.9 Å². The van der Waals surface area contributed by atoms with Crippen molar-refractivity contribution in [2.45, 2.75) is 45.4 Å². The molecule has 1 amide bonds. The maximum absolute atomic E-state index is 13.0. The third-order valence-electron chi connectivity index (χ3n) is 4.57. The summed E-state index contributed by atoms with van der Waals surface area (Å²) in [5, 5.41) is 5.64. The highest BCUT2D eigenvalue weighted by molar-refractivity contribution is 7.85. The minimum absolute atomic E-state index is 0.0896. The highest BCUT2D eigenvalue weighted by Crippen LogP contribution is 2.40. The Bertz CT molecular complexity index is 967. The van der Waals surface area contributed by atoms with E-state index < -0.39 is 10.1 Å². The standard InChI is InChI=1S/C19H22N2O4S/c1-12-9-14(11-19(3,4)10-12)17-13(2)20-21(18(17)22)15-5-7-16(8-6-15)26(23,24)25/h5-9H,10-11H2,1-4H3,(H,23,24,25)/b17-14+. The molecule has 0 saturated carbocycles. The molecule has 26 heavy (non-hydrogen) atoms. The molecule has 1 aromatic rings. The maximum Gasteiger partial charge on any atom is 0.294 e.